The largest absolute Gasteiger partial charge is 0.469 e. The first kappa shape index (κ1) is 15.6. The van der Waals surface area contributed by atoms with Crippen molar-refractivity contribution in [3.8, 4) is 0 Å². The highest BCUT2D eigenvalue weighted by atomic mass is 16.6. The zero-order valence-electron chi connectivity index (χ0n) is 13.1. The number of methoxy groups -OCH3 is 2. The van der Waals surface area contributed by atoms with Gasteiger partial charge in [0.25, 0.3) is 0 Å². The zero-order chi connectivity index (χ0) is 16.8. The van der Waals surface area contributed by atoms with Crippen LogP contribution in [-0.2, 0) is 34.2 Å². The lowest BCUT2D eigenvalue weighted by Gasteiger charge is -2.34. The lowest BCUT2D eigenvalue weighted by molar-refractivity contribution is -0.160. The molecule has 2 aliphatic rings. The van der Waals surface area contributed by atoms with Crippen molar-refractivity contribution in [2.45, 2.75) is 25.0 Å². The normalized spacial score (nSPS) is 30.7. The molecule has 0 spiro atoms. The maximum atomic E-state index is 12.4. The van der Waals surface area contributed by atoms with Crippen molar-refractivity contribution in [1.29, 1.82) is 0 Å². The highest BCUT2D eigenvalue weighted by molar-refractivity contribution is 5.88. The molecule has 2 bridgehead atoms. The number of esters is 2. The van der Waals surface area contributed by atoms with Gasteiger partial charge in [0.1, 0.15) is 23.2 Å². The van der Waals surface area contributed by atoms with Crippen LogP contribution in [-0.4, -0.2) is 36.9 Å². The number of pyridine rings is 1. The highest BCUT2D eigenvalue weighted by Crippen LogP contribution is 2.62. The molecule has 1 aromatic heterocycles. The van der Waals surface area contributed by atoms with Crippen LogP contribution in [0.1, 0.15) is 30.6 Å². The van der Waals surface area contributed by atoms with Crippen LogP contribution in [0.5, 0.6) is 0 Å². The number of rotatable bonds is 4. The summed E-state index contributed by atoms with van der Waals surface area (Å²) < 4.78 is 15.8. The van der Waals surface area contributed by atoms with Crippen molar-refractivity contribution in [3.05, 3.63) is 29.6 Å². The number of ketones is 1. The molecule has 3 heterocycles. The van der Waals surface area contributed by atoms with Gasteiger partial charge in [0, 0.05) is 24.4 Å². The Bertz CT molecular complexity index is 687. The average Bonchev–Trinajstić information content (AvgIpc) is 3.03. The van der Waals surface area contributed by atoms with E-state index in [-0.39, 0.29) is 12.2 Å². The molecule has 0 saturated carbocycles. The predicted molar refractivity (Wildman–Crippen MR) is 76.1 cm³/mol. The Kier molecular flexibility index (Phi) is 3.68. The van der Waals surface area contributed by atoms with E-state index < -0.39 is 35.5 Å². The molecular weight excluding hydrogens is 302 g/mol. The monoisotopic (exact) mass is 319 g/mol. The summed E-state index contributed by atoms with van der Waals surface area (Å²) in [6, 6.07) is 1.74. The Balaban J connectivity index is 2.20. The van der Waals surface area contributed by atoms with Crippen LogP contribution < -0.4 is 0 Å². The van der Waals surface area contributed by atoms with Gasteiger partial charge in [0.05, 0.1) is 20.3 Å². The number of nitrogens with zero attached hydrogens (tertiary/aromatic N) is 1. The van der Waals surface area contributed by atoms with Gasteiger partial charge in [-0.2, -0.15) is 0 Å². The number of aromatic nitrogens is 1. The second kappa shape index (κ2) is 5.42. The molecule has 1 aromatic rings. The second-order valence-electron chi connectivity index (χ2n) is 5.82. The predicted octanol–water partition coefficient (Wildman–Crippen LogP) is 0.919. The lowest BCUT2D eigenvalue weighted by Crippen LogP contribution is -2.45. The summed E-state index contributed by atoms with van der Waals surface area (Å²) in [4.78, 5) is 40.6. The van der Waals surface area contributed by atoms with Crippen molar-refractivity contribution in [1.82, 2.24) is 4.98 Å². The second-order valence-corrected chi connectivity index (χ2v) is 5.82. The van der Waals surface area contributed by atoms with E-state index in [1.54, 1.807) is 18.5 Å². The van der Waals surface area contributed by atoms with Crippen LogP contribution in [0.2, 0.25) is 0 Å². The number of carbonyl (C=O) groups excluding carboxylic acids is 3. The summed E-state index contributed by atoms with van der Waals surface area (Å²) >= 11 is 0. The molecule has 4 atom stereocenters. The van der Waals surface area contributed by atoms with Gasteiger partial charge in [0.2, 0.25) is 0 Å². The number of fused-ring (bicyclic) bond motifs is 5. The van der Waals surface area contributed by atoms with Crippen LogP contribution >= 0.6 is 0 Å². The Morgan fingerprint density at radius 3 is 2.57 bits per heavy atom. The molecule has 2 aliphatic heterocycles. The van der Waals surface area contributed by atoms with Crippen molar-refractivity contribution < 1.29 is 28.6 Å². The summed E-state index contributed by atoms with van der Waals surface area (Å²) in [5.41, 5.74) is 0.194. The minimum absolute atomic E-state index is 0.0323. The van der Waals surface area contributed by atoms with Gasteiger partial charge < -0.3 is 14.2 Å². The van der Waals surface area contributed by atoms with Crippen LogP contribution in [0.3, 0.4) is 0 Å². The van der Waals surface area contributed by atoms with Gasteiger partial charge in [-0.05, 0) is 18.6 Å². The molecule has 7 nitrogen and oxygen atoms in total. The van der Waals surface area contributed by atoms with Gasteiger partial charge in [-0.3, -0.25) is 19.4 Å². The first-order valence-corrected chi connectivity index (χ1v) is 7.23. The average molecular weight is 319 g/mol. The van der Waals surface area contributed by atoms with Gasteiger partial charge in [-0.1, -0.05) is 0 Å². The molecule has 122 valence electrons. The number of hydrogen-bond acceptors (Lipinski definition) is 7. The number of Topliss-reactive ketones (excluding diaryl/α,β-unsaturated/α-hetero) is 1. The minimum atomic E-state index is -1.23. The molecule has 0 N–H and O–H groups in total. The van der Waals surface area contributed by atoms with Crippen molar-refractivity contribution in [2.75, 3.05) is 14.2 Å². The summed E-state index contributed by atoms with van der Waals surface area (Å²) in [7, 11) is 2.50. The SMILES string of the molecule is COC(=O)[C@@H]1[C@@H]2O[C@@](CC(C)=O)(c3cnccc32)[C@@H]1C(=O)OC. The summed E-state index contributed by atoms with van der Waals surface area (Å²) in [6.07, 6.45) is 2.49. The fourth-order valence-corrected chi connectivity index (χ4v) is 3.81. The Morgan fingerprint density at radius 1 is 1.26 bits per heavy atom. The molecule has 0 aliphatic carbocycles. The van der Waals surface area contributed by atoms with Gasteiger partial charge >= 0.3 is 11.9 Å². The molecule has 0 aromatic carbocycles. The molecule has 23 heavy (non-hydrogen) atoms. The lowest BCUT2D eigenvalue weighted by atomic mass is 9.67. The van der Waals surface area contributed by atoms with Crippen molar-refractivity contribution >= 4 is 17.7 Å². The fraction of sp³-hybridized carbons (Fsp3) is 0.500. The van der Waals surface area contributed by atoms with Crippen LogP contribution in [0, 0.1) is 11.8 Å². The van der Waals surface area contributed by atoms with Crippen molar-refractivity contribution in [2.24, 2.45) is 11.8 Å². The molecular formula is C16H17NO6. The quantitative estimate of drug-likeness (QED) is 0.762. The van der Waals surface area contributed by atoms with Gasteiger partial charge in [0.15, 0.2) is 0 Å². The first-order valence-electron chi connectivity index (χ1n) is 7.23. The molecule has 7 heteroatoms. The van der Waals surface area contributed by atoms with E-state index in [9.17, 15) is 14.4 Å². The van der Waals surface area contributed by atoms with Gasteiger partial charge in [-0.15, -0.1) is 0 Å². The van der Waals surface area contributed by atoms with Crippen LogP contribution in [0.4, 0.5) is 0 Å². The fourth-order valence-electron chi connectivity index (χ4n) is 3.81. The van der Waals surface area contributed by atoms with E-state index in [2.05, 4.69) is 4.98 Å². The zero-order valence-corrected chi connectivity index (χ0v) is 13.1. The third-order valence-electron chi connectivity index (χ3n) is 4.58. The van der Waals surface area contributed by atoms with Crippen LogP contribution in [0.25, 0.3) is 0 Å². The maximum absolute atomic E-state index is 12.4. The number of carbonyl (C=O) groups is 3. The minimum Gasteiger partial charge on any atom is -0.469 e. The Hall–Kier alpha value is -2.28. The summed E-state index contributed by atoms with van der Waals surface area (Å²) in [5.74, 6) is -3.09. The Morgan fingerprint density at radius 2 is 1.96 bits per heavy atom. The van der Waals surface area contributed by atoms with E-state index in [4.69, 9.17) is 14.2 Å². The molecule has 0 unspecified atom stereocenters. The van der Waals surface area contributed by atoms with E-state index in [0.717, 1.165) is 5.56 Å². The molecule has 0 radical (unpaired) electrons. The highest BCUT2D eigenvalue weighted by Gasteiger charge is 2.68. The number of hydrogen-bond donors (Lipinski definition) is 0. The third kappa shape index (κ3) is 2.07. The number of ether oxygens (including phenoxy) is 3. The molecule has 3 rings (SSSR count). The smallest absolute Gasteiger partial charge is 0.312 e. The first-order chi connectivity index (χ1) is 11.0. The van der Waals surface area contributed by atoms with Crippen LogP contribution in [0.15, 0.2) is 18.5 Å². The Labute approximate surface area is 132 Å². The van der Waals surface area contributed by atoms with Crippen molar-refractivity contribution in [3.63, 3.8) is 0 Å². The standard InChI is InChI=1S/C16H17NO6/c1-8(18)6-16-10-7-17-5-4-9(10)13(23-16)11(14(19)21-2)12(16)15(20)22-3/h4-5,7,11-13H,6H2,1-3H3/t11-,12-,13+,16-/m0/s1. The third-order valence-corrected chi connectivity index (χ3v) is 4.58. The molecule has 1 fully saturated rings. The summed E-state index contributed by atoms with van der Waals surface area (Å²) in [5, 5.41) is 0. The van der Waals surface area contributed by atoms with E-state index in [1.165, 1.54) is 21.1 Å². The maximum Gasteiger partial charge on any atom is 0.312 e. The summed E-state index contributed by atoms with van der Waals surface area (Å²) in [6.45, 7) is 1.42. The van der Waals surface area contributed by atoms with E-state index in [0.29, 0.717) is 5.56 Å². The molecule has 0 amide bonds. The van der Waals surface area contributed by atoms with Gasteiger partial charge in [-0.25, -0.2) is 0 Å². The molecule has 1 saturated heterocycles. The van der Waals surface area contributed by atoms with E-state index >= 15 is 0 Å². The topological polar surface area (TPSA) is 91.8 Å². The van der Waals surface area contributed by atoms with E-state index in [1.807, 2.05) is 0 Å².